The summed E-state index contributed by atoms with van der Waals surface area (Å²) in [6.45, 7) is 0. The van der Waals surface area contributed by atoms with Crippen LogP contribution in [-0.4, -0.2) is 36.3 Å². The molecule has 1 amide bonds. The molecule has 7 nitrogen and oxygen atoms in total. The Morgan fingerprint density at radius 2 is 2.00 bits per heavy atom. The van der Waals surface area contributed by atoms with Crippen molar-refractivity contribution >= 4 is 15.7 Å². The summed E-state index contributed by atoms with van der Waals surface area (Å²) in [5, 5.41) is 6.38. The summed E-state index contributed by atoms with van der Waals surface area (Å²) in [6.07, 6.45) is 2.02. The molecular formula is C14H15N3O4S. The van der Waals surface area contributed by atoms with E-state index >= 15 is 0 Å². The number of hydrogen-bond donors (Lipinski definition) is 1. The van der Waals surface area contributed by atoms with Crippen LogP contribution in [0.3, 0.4) is 0 Å². The number of aryl methyl sites for hydroxylation is 1. The quantitative estimate of drug-likeness (QED) is 0.851. The lowest BCUT2D eigenvalue weighted by molar-refractivity contribution is 0.0907. The topological polar surface area (TPSA) is 102 Å². The highest BCUT2D eigenvalue weighted by Gasteiger charge is 2.26. The maximum Gasteiger partial charge on any atom is 0.315 e. The average Bonchev–Trinajstić information content (AvgIpc) is 3.20. The van der Waals surface area contributed by atoms with Gasteiger partial charge in [-0.3, -0.25) is 4.79 Å². The third-order valence-electron chi connectivity index (χ3n) is 3.27. The van der Waals surface area contributed by atoms with E-state index in [1.807, 2.05) is 0 Å². The van der Waals surface area contributed by atoms with Crippen LogP contribution >= 0.6 is 0 Å². The molecule has 1 heterocycles. The van der Waals surface area contributed by atoms with Crippen molar-refractivity contribution in [3.8, 4) is 0 Å². The number of aromatic nitrogens is 2. The van der Waals surface area contributed by atoms with Gasteiger partial charge in [0.2, 0.25) is 0 Å². The summed E-state index contributed by atoms with van der Waals surface area (Å²) in [4.78, 5) is 15.9. The van der Waals surface area contributed by atoms with E-state index in [0.717, 1.165) is 12.8 Å². The number of sulfone groups is 1. The Balaban J connectivity index is 1.62. The Labute approximate surface area is 127 Å². The van der Waals surface area contributed by atoms with Gasteiger partial charge in [0, 0.05) is 12.5 Å². The molecule has 22 heavy (non-hydrogen) atoms. The van der Waals surface area contributed by atoms with Gasteiger partial charge in [-0.1, -0.05) is 23.4 Å². The molecule has 1 saturated carbocycles. The molecule has 1 aromatic heterocycles. The molecule has 1 aliphatic carbocycles. The second-order valence-electron chi connectivity index (χ2n) is 5.15. The van der Waals surface area contributed by atoms with Crippen molar-refractivity contribution < 1.29 is 17.7 Å². The highest BCUT2D eigenvalue weighted by molar-refractivity contribution is 7.91. The van der Waals surface area contributed by atoms with Gasteiger partial charge in [0.1, 0.15) is 0 Å². The molecule has 0 bridgehead atoms. The lowest BCUT2D eigenvalue weighted by atomic mass is 10.4. The minimum absolute atomic E-state index is 0.0947. The molecule has 2 aromatic rings. The van der Waals surface area contributed by atoms with Crippen molar-refractivity contribution in [3.63, 3.8) is 0 Å². The van der Waals surface area contributed by atoms with Gasteiger partial charge >= 0.3 is 11.8 Å². The summed E-state index contributed by atoms with van der Waals surface area (Å²) < 4.78 is 29.1. The monoisotopic (exact) mass is 321 g/mol. The van der Waals surface area contributed by atoms with Crippen LogP contribution in [-0.2, 0) is 16.3 Å². The van der Waals surface area contributed by atoms with E-state index in [9.17, 15) is 13.2 Å². The van der Waals surface area contributed by atoms with Crippen molar-refractivity contribution in [2.24, 2.45) is 0 Å². The van der Waals surface area contributed by atoms with Gasteiger partial charge in [0.05, 0.1) is 10.6 Å². The molecule has 0 spiro atoms. The summed E-state index contributed by atoms with van der Waals surface area (Å²) in [5.41, 5.74) is 0. The Morgan fingerprint density at radius 3 is 2.68 bits per heavy atom. The van der Waals surface area contributed by atoms with E-state index in [1.54, 1.807) is 30.3 Å². The third kappa shape index (κ3) is 3.51. The number of nitrogens with one attached hydrogen (secondary N) is 1. The molecule has 8 heteroatoms. The molecule has 3 rings (SSSR count). The molecule has 0 unspecified atom stereocenters. The fourth-order valence-electron chi connectivity index (χ4n) is 1.89. The number of carbonyl (C=O) groups excluding carboxylic acids is 1. The van der Waals surface area contributed by atoms with Crippen molar-refractivity contribution in [2.45, 2.75) is 30.2 Å². The fourth-order valence-corrected chi connectivity index (χ4v) is 3.15. The normalized spacial score (nSPS) is 14.7. The third-order valence-corrected chi connectivity index (χ3v) is 5.00. The number of hydrogen-bond acceptors (Lipinski definition) is 6. The smallest absolute Gasteiger partial charge is 0.315 e. The zero-order valence-electron chi connectivity index (χ0n) is 11.7. The molecular weight excluding hydrogens is 306 g/mol. The molecule has 116 valence electrons. The van der Waals surface area contributed by atoms with Crippen molar-refractivity contribution in [3.05, 3.63) is 42.0 Å². The molecule has 0 atom stereocenters. The van der Waals surface area contributed by atoms with Crippen molar-refractivity contribution in [1.82, 2.24) is 15.5 Å². The van der Waals surface area contributed by atoms with Crippen LogP contribution in [0.1, 0.15) is 29.4 Å². The Hall–Kier alpha value is -2.22. The van der Waals surface area contributed by atoms with Gasteiger partial charge in [-0.2, -0.15) is 4.98 Å². The van der Waals surface area contributed by atoms with E-state index in [2.05, 4.69) is 15.5 Å². The van der Waals surface area contributed by atoms with Gasteiger partial charge in [-0.25, -0.2) is 8.42 Å². The molecule has 1 fully saturated rings. The highest BCUT2D eigenvalue weighted by atomic mass is 32.2. The van der Waals surface area contributed by atoms with Gasteiger partial charge in [-0.15, -0.1) is 0 Å². The molecule has 1 aliphatic rings. The van der Waals surface area contributed by atoms with Gasteiger partial charge < -0.3 is 9.84 Å². The number of carbonyl (C=O) groups is 1. The number of amides is 1. The molecule has 0 saturated heterocycles. The van der Waals surface area contributed by atoms with E-state index in [4.69, 9.17) is 4.52 Å². The standard InChI is InChI=1S/C14H15N3O4S/c18-13(15-10-6-7-10)14-16-12(17-21-14)8-9-22(19,20)11-4-2-1-3-5-11/h1-5,10H,6-9H2,(H,15,18). The second-order valence-corrected chi connectivity index (χ2v) is 7.25. The van der Waals surface area contributed by atoms with Crippen LogP contribution in [0.5, 0.6) is 0 Å². The second kappa shape index (κ2) is 5.88. The van der Waals surface area contributed by atoms with Gasteiger partial charge in [-0.05, 0) is 25.0 Å². The maximum absolute atomic E-state index is 12.1. The van der Waals surface area contributed by atoms with E-state index < -0.39 is 15.7 Å². The Kier molecular flexibility index (Phi) is 3.93. The highest BCUT2D eigenvalue weighted by Crippen LogP contribution is 2.19. The Morgan fingerprint density at radius 1 is 1.27 bits per heavy atom. The van der Waals surface area contributed by atoms with E-state index in [1.165, 1.54) is 0 Å². The minimum atomic E-state index is -3.40. The van der Waals surface area contributed by atoms with Crippen molar-refractivity contribution in [1.29, 1.82) is 0 Å². The first kappa shape index (κ1) is 14.7. The predicted octanol–water partition coefficient (Wildman–Crippen LogP) is 0.978. The Bertz CT molecular complexity index is 766. The lowest BCUT2D eigenvalue weighted by Gasteiger charge is -2.01. The first-order valence-electron chi connectivity index (χ1n) is 6.96. The van der Waals surface area contributed by atoms with Crippen LogP contribution in [0, 0.1) is 0 Å². The first-order chi connectivity index (χ1) is 10.5. The zero-order chi connectivity index (χ0) is 15.6. The van der Waals surface area contributed by atoms with Gasteiger partial charge in [0.15, 0.2) is 15.7 Å². The predicted molar refractivity (Wildman–Crippen MR) is 77.0 cm³/mol. The first-order valence-corrected chi connectivity index (χ1v) is 8.61. The van der Waals surface area contributed by atoms with Crippen LogP contribution in [0.4, 0.5) is 0 Å². The zero-order valence-corrected chi connectivity index (χ0v) is 12.5. The SMILES string of the molecule is O=C(NC1CC1)c1nc(CCS(=O)(=O)c2ccccc2)no1. The summed E-state index contributed by atoms with van der Waals surface area (Å²) in [7, 11) is -3.40. The fraction of sp³-hybridized carbons (Fsp3) is 0.357. The lowest BCUT2D eigenvalue weighted by Crippen LogP contribution is -2.25. The van der Waals surface area contributed by atoms with E-state index in [-0.39, 0.29) is 34.8 Å². The minimum Gasteiger partial charge on any atom is -0.345 e. The van der Waals surface area contributed by atoms with Crippen LogP contribution in [0.2, 0.25) is 0 Å². The number of benzene rings is 1. The van der Waals surface area contributed by atoms with Crippen LogP contribution in [0.25, 0.3) is 0 Å². The summed E-state index contributed by atoms with van der Waals surface area (Å²) >= 11 is 0. The molecule has 0 radical (unpaired) electrons. The number of nitrogens with zero attached hydrogens (tertiary/aromatic N) is 2. The van der Waals surface area contributed by atoms with Crippen LogP contribution in [0.15, 0.2) is 39.8 Å². The number of rotatable bonds is 6. The summed E-state index contributed by atoms with van der Waals surface area (Å²) in [5.74, 6) is -0.466. The maximum atomic E-state index is 12.1. The molecule has 1 aromatic carbocycles. The van der Waals surface area contributed by atoms with Crippen molar-refractivity contribution in [2.75, 3.05) is 5.75 Å². The molecule has 1 N–H and O–H groups in total. The largest absolute Gasteiger partial charge is 0.345 e. The van der Waals surface area contributed by atoms with E-state index in [0.29, 0.717) is 0 Å². The van der Waals surface area contributed by atoms with Gasteiger partial charge in [0.25, 0.3) is 0 Å². The average molecular weight is 321 g/mol. The van der Waals surface area contributed by atoms with Crippen LogP contribution < -0.4 is 5.32 Å². The molecule has 0 aliphatic heterocycles. The summed E-state index contributed by atoms with van der Waals surface area (Å²) in [6, 6.07) is 8.37.